The van der Waals surface area contributed by atoms with Crippen LogP contribution in [0.15, 0.2) is 67.0 Å². The molecule has 0 atom stereocenters. The summed E-state index contributed by atoms with van der Waals surface area (Å²) >= 11 is 5.86. The second-order valence-electron chi connectivity index (χ2n) is 5.41. The van der Waals surface area contributed by atoms with Crippen LogP contribution < -0.4 is 10.6 Å². The molecule has 25 heavy (non-hydrogen) atoms. The molecule has 0 bridgehead atoms. The number of halogens is 1. The Labute approximate surface area is 151 Å². The Bertz CT molecular complexity index is 838. The van der Waals surface area contributed by atoms with Crippen molar-refractivity contribution in [2.45, 2.75) is 13.1 Å². The molecule has 5 nitrogen and oxygen atoms in total. The van der Waals surface area contributed by atoms with Crippen molar-refractivity contribution in [3.8, 4) is 0 Å². The van der Waals surface area contributed by atoms with Gasteiger partial charge in [0.05, 0.1) is 12.2 Å². The number of carbonyl (C=O) groups excluding carboxylic acids is 1. The molecule has 0 saturated carbocycles. The van der Waals surface area contributed by atoms with E-state index in [1.165, 1.54) is 0 Å². The van der Waals surface area contributed by atoms with Gasteiger partial charge in [-0.3, -0.25) is 9.78 Å². The smallest absolute Gasteiger partial charge is 0.251 e. The second-order valence-corrected chi connectivity index (χ2v) is 5.85. The molecule has 1 aromatic carbocycles. The van der Waals surface area contributed by atoms with Crippen molar-refractivity contribution in [3.05, 3.63) is 88.8 Å². The molecule has 126 valence electrons. The zero-order chi connectivity index (χ0) is 17.5. The van der Waals surface area contributed by atoms with Gasteiger partial charge >= 0.3 is 0 Å². The molecule has 3 rings (SSSR count). The summed E-state index contributed by atoms with van der Waals surface area (Å²) in [7, 11) is 0. The molecule has 0 aliphatic carbocycles. The average molecular weight is 353 g/mol. The number of carbonyl (C=O) groups is 1. The normalized spacial score (nSPS) is 10.3. The van der Waals surface area contributed by atoms with Gasteiger partial charge in [0, 0.05) is 29.5 Å². The predicted octanol–water partition coefficient (Wildman–Crippen LogP) is 3.67. The lowest BCUT2D eigenvalue weighted by atomic mass is 10.2. The lowest BCUT2D eigenvalue weighted by Crippen LogP contribution is -2.23. The van der Waals surface area contributed by atoms with Gasteiger partial charge in [0.1, 0.15) is 5.82 Å². The van der Waals surface area contributed by atoms with Crippen LogP contribution in [-0.2, 0) is 13.1 Å². The van der Waals surface area contributed by atoms with E-state index >= 15 is 0 Å². The molecule has 0 radical (unpaired) electrons. The minimum atomic E-state index is -0.154. The van der Waals surface area contributed by atoms with Crippen LogP contribution >= 0.6 is 11.6 Å². The molecule has 0 aliphatic rings. The topological polar surface area (TPSA) is 66.9 Å². The largest absolute Gasteiger partial charge is 0.364 e. The van der Waals surface area contributed by atoms with Crippen molar-refractivity contribution in [1.82, 2.24) is 15.3 Å². The summed E-state index contributed by atoms with van der Waals surface area (Å²) in [5, 5.41) is 6.73. The summed E-state index contributed by atoms with van der Waals surface area (Å²) in [4.78, 5) is 20.8. The highest BCUT2D eigenvalue weighted by Crippen LogP contribution is 2.11. The van der Waals surface area contributed by atoms with Crippen molar-refractivity contribution in [3.63, 3.8) is 0 Å². The molecular formula is C19H17ClN4O. The number of aromatic nitrogens is 2. The van der Waals surface area contributed by atoms with Crippen molar-refractivity contribution in [2.24, 2.45) is 0 Å². The van der Waals surface area contributed by atoms with Crippen LogP contribution in [0.1, 0.15) is 21.6 Å². The van der Waals surface area contributed by atoms with Gasteiger partial charge in [-0.25, -0.2) is 4.98 Å². The molecule has 0 saturated heterocycles. The molecule has 6 heteroatoms. The van der Waals surface area contributed by atoms with Crippen LogP contribution in [0.4, 0.5) is 5.82 Å². The van der Waals surface area contributed by atoms with E-state index in [0.29, 0.717) is 29.5 Å². The van der Waals surface area contributed by atoms with Crippen molar-refractivity contribution < 1.29 is 4.79 Å². The van der Waals surface area contributed by atoms with E-state index in [-0.39, 0.29) is 5.91 Å². The molecule has 1 amide bonds. The van der Waals surface area contributed by atoms with E-state index in [9.17, 15) is 4.79 Å². The van der Waals surface area contributed by atoms with E-state index in [4.69, 9.17) is 11.6 Å². The fraction of sp³-hybridized carbons (Fsp3) is 0.105. The summed E-state index contributed by atoms with van der Waals surface area (Å²) in [6, 6.07) is 16.5. The summed E-state index contributed by atoms with van der Waals surface area (Å²) in [6.07, 6.45) is 3.35. The van der Waals surface area contributed by atoms with Gasteiger partial charge in [0.15, 0.2) is 0 Å². The Kier molecular flexibility index (Phi) is 5.59. The Hall–Kier alpha value is -2.92. The van der Waals surface area contributed by atoms with Crippen molar-refractivity contribution in [2.75, 3.05) is 5.32 Å². The van der Waals surface area contributed by atoms with Gasteiger partial charge < -0.3 is 10.6 Å². The zero-order valence-electron chi connectivity index (χ0n) is 13.4. The minimum absolute atomic E-state index is 0.154. The molecule has 2 heterocycles. The summed E-state index contributed by atoms with van der Waals surface area (Å²) in [6.45, 7) is 0.985. The van der Waals surface area contributed by atoms with E-state index in [0.717, 1.165) is 11.3 Å². The van der Waals surface area contributed by atoms with E-state index < -0.39 is 0 Å². The van der Waals surface area contributed by atoms with E-state index in [1.807, 2.05) is 30.3 Å². The van der Waals surface area contributed by atoms with E-state index in [1.54, 1.807) is 36.7 Å². The number of benzene rings is 1. The molecule has 2 aromatic heterocycles. The Morgan fingerprint density at radius 3 is 2.56 bits per heavy atom. The predicted molar refractivity (Wildman–Crippen MR) is 98.4 cm³/mol. The molecule has 0 spiro atoms. The Balaban J connectivity index is 1.58. The van der Waals surface area contributed by atoms with Gasteiger partial charge in [-0.1, -0.05) is 29.8 Å². The van der Waals surface area contributed by atoms with Crippen LogP contribution in [-0.4, -0.2) is 15.9 Å². The number of nitrogens with zero attached hydrogens (tertiary/aromatic N) is 2. The average Bonchev–Trinajstić information content (AvgIpc) is 2.67. The lowest BCUT2D eigenvalue weighted by Gasteiger charge is -2.08. The zero-order valence-corrected chi connectivity index (χ0v) is 14.2. The number of hydrogen-bond acceptors (Lipinski definition) is 4. The first-order chi connectivity index (χ1) is 12.2. The Morgan fingerprint density at radius 2 is 1.80 bits per heavy atom. The number of anilines is 1. The van der Waals surface area contributed by atoms with Crippen molar-refractivity contribution >= 4 is 23.3 Å². The fourth-order valence-corrected chi connectivity index (χ4v) is 2.36. The molecule has 2 N–H and O–H groups in total. The maximum atomic E-state index is 12.3. The number of hydrogen-bond donors (Lipinski definition) is 2. The van der Waals surface area contributed by atoms with E-state index in [2.05, 4.69) is 20.6 Å². The molecule has 0 fully saturated rings. The summed E-state index contributed by atoms with van der Waals surface area (Å²) < 4.78 is 0. The highest BCUT2D eigenvalue weighted by atomic mass is 35.5. The van der Waals surface area contributed by atoms with Crippen LogP contribution in [0.2, 0.25) is 5.02 Å². The summed E-state index contributed by atoms with van der Waals surface area (Å²) in [5.41, 5.74) is 2.44. The van der Waals surface area contributed by atoms with Crippen LogP contribution in [0.3, 0.4) is 0 Å². The second kappa shape index (κ2) is 8.26. The molecule has 0 aliphatic heterocycles. The third-order valence-electron chi connectivity index (χ3n) is 3.57. The quantitative estimate of drug-likeness (QED) is 0.710. The molecular weight excluding hydrogens is 336 g/mol. The van der Waals surface area contributed by atoms with Gasteiger partial charge in [0.25, 0.3) is 5.91 Å². The first kappa shape index (κ1) is 16.9. The number of nitrogens with one attached hydrogen (secondary N) is 2. The first-order valence-corrected chi connectivity index (χ1v) is 8.21. The number of pyridine rings is 2. The third-order valence-corrected chi connectivity index (χ3v) is 3.82. The number of rotatable bonds is 6. The fourth-order valence-electron chi connectivity index (χ4n) is 2.24. The summed E-state index contributed by atoms with van der Waals surface area (Å²) in [5.74, 6) is 0.475. The molecule has 0 unspecified atom stereocenters. The van der Waals surface area contributed by atoms with Crippen LogP contribution in [0.5, 0.6) is 0 Å². The number of amides is 1. The SMILES string of the molecule is O=C(NCc1ccc(Cl)cc1)c1ccnc(NCc2ccccn2)c1. The highest BCUT2D eigenvalue weighted by Gasteiger charge is 2.07. The Morgan fingerprint density at radius 1 is 0.960 bits per heavy atom. The standard InChI is InChI=1S/C19H17ClN4O/c20-16-6-4-14(5-7-16)12-24-19(25)15-8-10-22-18(11-15)23-13-17-3-1-2-9-21-17/h1-11H,12-13H2,(H,22,23)(H,24,25). The van der Waals surface area contributed by atoms with Gasteiger partial charge in [0.2, 0.25) is 0 Å². The van der Waals surface area contributed by atoms with Crippen LogP contribution in [0.25, 0.3) is 0 Å². The van der Waals surface area contributed by atoms with Gasteiger partial charge in [-0.05, 0) is 42.0 Å². The van der Waals surface area contributed by atoms with Gasteiger partial charge in [-0.2, -0.15) is 0 Å². The van der Waals surface area contributed by atoms with Crippen LogP contribution in [0, 0.1) is 0 Å². The molecule has 3 aromatic rings. The van der Waals surface area contributed by atoms with Crippen molar-refractivity contribution in [1.29, 1.82) is 0 Å². The maximum absolute atomic E-state index is 12.3. The monoisotopic (exact) mass is 352 g/mol. The van der Waals surface area contributed by atoms with Gasteiger partial charge in [-0.15, -0.1) is 0 Å². The highest BCUT2D eigenvalue weighted by molar-refractivity contribution is 6.30. The first-order valence-electron chi connectivity index (χ1n) is 7.83. The third kappa shape index (κ3) is 5.02. The maximum Gasteiger partial charge on any atom is 0.251 e. The lowest BCUT2D eigenvalue weighted by molar-refractivity contribution is 0.0951. The minimum Gasteiger partial charge on any atom is -0.364 e.